The first-order chi connectivity index (χ1) is 16.2. The molecule has 0 saturated carbocycles. The number of imide groups is 1. The van der Waals surface area contributed by atoms with Gasteiger partial charge in [-0.1, -0.05) is 72.8 Å². The summed E-state index contributed by atoms with van der Waals surface area (Å²) in [6.07, 6.45) is 1.28. The quantitative estimate of drug-likeness (QED) is 0.282. The van der Waals surface area contributed by atoms with Gasteiger partial charge in [0.25, 0.3) is 0 Å². The predicted octanol–water partition coefficient (Wildman–Crippen LogP) is 1.84. The molecule has 1 heterocycles. The first kappa shape index (κ1) is 24.1. The zero-order valence-electron chi connectivity index (χ0n) is 18.7. The number of hydrogen-bond acceptors (Lipinski definition) is 2. The van der Waals surface area contributed by atoms with E-state index in [1.165, 1.54) is 20.8 Å². The summed E-state index contributed by atoms with van der Waals surface area (Å²) in [4.78, 5) is 26.6. The van der Waals surface area contributed by atoms with E-state index in [1.54, 1.807) is 0 Å². The number of anilines is 1. The van der Waals surface area contributed by atoms with Gasteiger partial charge < -0.3 is 17.0 Å². The SMILES string of the molecule is O=C1CCC(=O)N1c1ccccc1C[P+](c1ccccc1)(c1ccccc1)c1ccccc1.[Br-]. The van der Waals surface area contributed by atoms with Gasteiger partial charge in [0.15, 0.2) is 0 Å². The van der Waals surface area contributed by atoms with Gasteiger partial charge >= 0.3 is 0 Å². The summed E-state index contributed by atoms with van der Waals surface area (Å²) < 4.78 is 0. The normalized spacial score (nSPS) is 13.6. The van der Waals surface area contributed by atoms with Crippen molar-refractivity contribution in [1.82, 2.24) is 0 Å². The van der Waals surface area contributed by atoms with Gasteiger partial charge in [-0.3, -0.25) is 14.5 Å². The molecule has 0 spiro atoms. The van der Waals surface area contributed by atoms with Crippen LogP contribution < -0.4 is 37.8 Å². The Hall–Kier alpha value is -3.07. The Bertz CT molecular complexity index is 1170. The Morgan fingerprint density at radius 1 is 0.559 bits per heavy atom. The highest BCUT2D eigenvalue weighted by Gasteiger charge is 2.46. The third-order valence-corrected chi connectivity index (χ3v) is 10.6. The van der Waals surface area contributed by atoms with Crippen LogP contribution in [0.3, 0.4) is 0 Å². The highest BCUT2D eigenvalue weighted by molar-refractivity contribution is 7.95. The Morgan fingerprint density at radius 2 is 0.941 bits per heavy atom. The van der Waals surface area contributed by atoms with Gasteiger partial charge in [0.2, 0.25) is 11.8 Å². The molecule has 0 radical (unpaired) electrons. The zero-order valence-corrected chi connectivity index (χ0v) is 21.2. The molecule has 1 saturated heterocycles. The Morgan fingerprint density at radius 3 is 1.38 bits per heavy atom. The molecule has 0 N–H and O–H groups in total. The third-order valence-electron chi connectivity index (χ3n) is 6.28. The van der Waals surface area contributed by atoms with E-state index in [0.717, 1.165) is 17.4 Å². The molecule has 4 aromatic rings. The van der Waals surface area contributed by atoms with Crippen LogP contribution in [-0.4, -0.2) is 11.8 Å². The van der Waals surface area contributed by atoms with Crippen LogP contribution in [0.1, 0.15) is 18.4 Å². The smallest absolute Gasteiger partial charge is 0.234 e. The number of rotatable bonds is 6. The van der Waals surface area contributed by atoms with E-state index in [0.29, 0.717) is 0 Å². The van der Waals surface area contributed by atoms with Crippen molar-refractivity contribution in [2.75, 3.05) is 4.90 Å². The fourth-order valence-corrected chi connectivity index (χ4v) is 9.00. The number of halogens is 1. The molecule has 170 valence electrons. The van der Waals surface area contributed by atoms with Crippen LogP contribution >= 0.6 is 7.26 Å². The molecule has 0 unspecified atom stereocenters. The fraction of sp³-hybridized carbons (Fsp3) is 0.103. The second-order valence-corrected chi connectivity index (χ2v) is 11.7. The molecule has 1 fully saturated rings. The zero-order chi connectivity index (χ0) is 22.7. The van der Waals surface area contributed by atoms with Gasteiger partial charge in [-0.2, -0.15) is 0 Å². The molecule has 0 aliphatic carbocycles. The largest absolute Gasteiger partial charge is 1.00 e. The van der Waals surface area contributed by atoms with Crippen molar-refractivity contribution in [2.24, 2.45) is 0 Å². The summed E-state index contributed by atoms with van der Waals surface area (Å²) in [5.41, 5.74) is 1.74. The van der Waals surface area contributed by atoms with Gasteiger partial charge in [0, 0.05) is 18.4 Å². The van der Waals surface area contributed by atoms with Crippen LogP contribution in [0.2, 0.25) is 0 Å². The summed E-state index contributed by atoms with van der Waals surface area (Å²) in [6.45, 7) is 0. The molecule has 1 aliphatic rings. The summed E-state index contributed by atoms with van der Waals surface area (Å²) in [7, 11) is -2.13. The molecule has 34 heavy (non-hydrogen) atoms. The summed E-state index contributed by atoms with van der Waals surface area (Å²) >= 11 is 0. The highest BCUT2D eigenvalue weighted by atomic mass is 79.9. The van der Waals surface area contributed by atoms with Crippen LogP contribution in [0.25, 0.3) is 0 Å². The molecular formula is C29H25BrNO2P. The van der Waals surface area contributed by atoms with Crippen LogP contribution in [0.5, 0.6) is 0 Å². The molecule has 3 nitrogen and oxygen atoms in total. The Balaban J connectivity index is 0.00000274. The molecule has 5 rings (SSSR count). The number of carbonyl (C=O) groups is 2. The molecule has 5 heteroatoms. The van der Waals surface area contributed by atoms with Crippen LogP contribution in [0.15, 0.2) is 115 Å². The van der Waals surface area contributed by atoms with E-state index < -0.39 is 7.26 Å². The lowest BCUT2D eigenvalue weighted by Gasteiger charge is -2.29. The summed E-state index contributed by atoms with van der Waals surface area (Å²) in [5, 5.41) is 3.82. The number of carbonyl (C=O) groups excluding carboxylic acids is 2. The van der Waals surface area contributed by atoms with E-state index in [4.69, 9.17) is 0 Å². The van der Waals surface area contributed by atoms with E-state index in [1.807, 2.05) is 36.4 Å². The summed E-state index contributed by atoms with van der Waals surface area (Å²) in [5.74, 6) is -0.231. The lowest BCUT2D eigenvalue weighted by atomic mass is 10.2. The van der Waals surface area contributed by atoms with Gasteiger partial charge in [0.05, 0.1) is 5.69 Å². The standard InChI is InChI=1S/C29H25NO2P.BrH/c31-28-20-21-29(32)30(28)27-19-11-10-12-23(27)22-33(24-13-4-1-5-14-24,25-15-6-2-7-16-25)26-17-8-3-9-18-26;/h1-19H,20-22H2;1H/q+1;/p-1. The van der Waals surface area contributed by atoms with Crippen molar-refractivity contribution in [2.45, 2.75) is 19.0 Å². The van der Waals surface area contributed by atoms with Crippen molar-refractivity contribution < 1.29 is 26.6 Å². The Kier molecular flexibility index (Phi) is 7.41. The predicted molar refractivity (Wildman–Crippen MR) is 137 cm³/mol. The Labute approximate surface area is 211 Å². The second-order valence-electron chi connectivity index (χ2n) is 8.23. The average molecular weight is 530 g/mol. The van der Waals surface area contributed by atoms with E-state index in [2.05, 4.69) is 78.9 Å². The van der Waals surface area contributed by atoms with Crippen LogP contribution in [0, 0.1) is 0 Å². The number of para-hydroxylation sites is 1. The number of amides is 2. The van der Waals surface area contributed by atoms with Gasteiger partial charge in [-0.25, -0.2) is 0 Å². The van der Waals surface area contributed by atoms with E-state index >= 15 is 0 Å². The lowest BCUT2D eigenvalue weighted by molar-refractivity contribution is -0.121. The average Bonchev–Trinajstić information content (AvgIpc) is 3.22. The third kappa shape index (κ3) is 4.36. The van der Waals surface area contributed by atoms with Crippen molar-refractivity contribution in [1.29, 1.82) is 0 Å². The minimum absolute atomic E-state index is 0. The van der Waals surface area contributed by atoms with Crippen LogP contribution in [-0.2, 0) is 15.8 Å². The van der Waals surface area contributed by atoms with Crippen molar-refractivity contribution in [3.05, 3.63) is 121 Å². The maximum absolute atomic E-state index is 12.6. The lowest BCUT2D eigenvalue weighted by Crippen LogP contribution is -3.00. The molecule has 4 aromatic carbocycles. The number of benzene rings is 4. The minimum atomic E-state index is -2.13. The van der Waals surface area contributed by atoms with Gasteiger partial charge in [-0.05, 0) is 42.5 Å². The summed E-state index contributed by atoms with van der Waals surface area (Å²) in [6, 6.07) is 39.8. The maximum atomic E-state index is 12.6. The first-order valence-electron chi connectivity index (χ1n) is 11.2. The fourth-order valence-electron chi connectivity index (χ4n) is 4.73. The van der Waals surface area contributed by atoms with Crippen molar-refractivity contribution >= 4 is 40.7 Å². The molecule has 0 aromatic heterocycles. The number of hydrogen-bond donors (Lipinski definition) is 0. The minimum Gasteiger partial charge on any atom is -1.00 e. The molecule has 2 amide bonds. The van der Waals surface area contributed by atoms with Crippen molar-refractivity contribution in [3.63, 3.8) is 0 Å². The van der Waals surface area contributed by atoms with Gasteiger partial charge in [0.1, 0.15) is 29.3 Å². The molecular weight excluding hydrogens is 505 g/mol. The first-order valence-corrected chi connectivity index (χ1v) is 13.2. The molecule has 0 bridgehead atoms. The van der Waals surface area contributed by atoms with Crippen molar-refractivity contribution in [3.8, 4) is 0 Å². The number of nitrogens with zero attached hydrogens (tertiary/aromatic N) is 1. The second kappa shape index (κ2) is 10.5. The van der Waals surface area contributed by atoms with E-state index in [9.17, 15) is 9.59 Å². The highest BCUT2D eigenvalue weighted by Crippen LogP contribution is 2.59. The monoisotopic (exact) mass is 529 g/mol. The maximum Gasteiger partial charge on any atom is 0.234 e. The van der Waals surface area contributed by atoms with Crippen LogP contribution in [0.4, 0.5) is 5.69 Å². The topological polar surface area (TPSA) is 37.4 Å². The van der Waals surface area contributed by atoms with Gasteiger partial charge in [-0.15, -0.1) is 0 Å². The van der Waals surface area contributed by atoms with E-state index in [-0.39, 0.29) is 41.6 Å². The molecule has 0 atom stereocenters. The molecule has 1 aliphatic heterocycles.